The van der Waals surface area contributed by atoms with Gasteiger partial charge in [0.2, 0.25) is 5.91 Å². The zero-order chi connectivity index (χ0) is 17.0. The maximum Gasteiger partial charge on any atom is 0.308 e. The maximum absolute atomic E-state index is 12.3. The first-order valence-corrected chi connectivity index (χ1v) is 7.97. The van der Waals surface area contributed by atoms with Crippen LogP contribution >= 0.6 is 0 Å². The first kappa shape index (κ1) is 17.2. The molecule has 2 rings (SSSR count). The molecule has 1 amide bonds. The molecule has 1 aromatic rings. The van der Waals surface area contributed by atoms with E-state index in [2.05, 4.69) is 0 Å². The van der Waals surface area contributed by atoms with Gasteiger partial charge in [0, 0.05) is 31.5 Å². The smallest absolute Gasteiger partial charge is 0.308 e. The molecule has 23 heavy (non-hydrogen) atoms. The number of piperidine rings is 1. The van der Waals surface area contributed by atoms with E-state index in [-0.39, 0.29) is 37.0 Å². The Kier molecular flexibility index (Phi) is 5.53. The van der Waals surface area contributed by atoms with Crippen molar-refractivity contribution in [2.24, 2.45) is 11.8 Å². The number of hydrogen-bond acceptors (Lipinski definition) is 3. The van der Waals surface area contributed by atoms with E-state index in [0.29, 0.717) is 18.5 Å². The fourth-order valence-corrected chi connectivity index (χ4v) is 3.00. The Labute approximate surface area is 136 Å². The van der Waals surface area contributed by atoms with Crippen molar-refractivity contribution in [3.63, 3.8) is 0 Å². The van der Waals surface area contributed by atoms with Crippen molar-refractivity contribution in [1.82, 2.24) is 4.90 Å². The Balaban J connectivity index is 1.89. The zero-order valence-electron chi connectivity index (χ0n) is 13.6. The first-order chi connectivity index (χ1) is 10.9. The summed E-state index contributed by atoms with van der Waals surface area (Å²) < 4.78 is 0. The van der Waals surface area contributed by atoms with Crippen LogP contribution in [0.2, 0.25) is 0 Å². The Bertz CT molecular complexity index is 594. The number of carbonyl (C=O) groups is 3. The number of aryl methyl sites for hydroxylation is 1. The number of carboxylic acids is 1. The maximum atomic E-state index is 12.3. The van der Waals surface area contributed by atoms with Crippen LogP contribution in [0, 0.1) is 18.8 Å². The highest BCUT2D eigenvalue weighted by molar-refractivity contribution is 5.98. The molecular formula is C18H23NO4. The van der Waals surface area contributed by atoms with E-state index in [1.807, 2.05) is 26.0 Å². The van der Waals surface area contributed by atoms with E-state index in [0.717, 1.165) is 5.56 Å². The minimum Gasteiger partial charge on any atom is -0.481 e. The third-order valence-electron chi connectivity index (χ3n) is 4.30. The Morgan fingerprint density at radius 1 is 1.13 bits per heavy atom. The molecule has 0 aromatic heterocycles. The average Bonchev–Trinajstić information content (AvgIpc) is 2.52. The van der Waals surface area contributed by atoms with Crippen LogP contribution in [0.15, 0.2) is 24.3 Å². The molecule has 0 bridgehead atoms. The molecule has 1 N–H and O–H groups in total. The quantitative estimate of drug-likeness (QED) is 0.847. The van der Waals surface area contributed by atoms with Crippen molar-refractivity contribution in [3.8, 4) is 0 Å². The third-order valence-corrected chi connectivity index (χ3v) is 4.30. The normalized spacial score (nSPS) is 21.0. The molecule has 1 aliphatic heterocycles. The highest BCUT2D eigenvalue weighted by Crippen LogP contribution is 2.22. The summed E-state index contributed by atoms with van der Waals surface area (Å²) in [6.07, 6.45) is 0.887. The predicted octanol–water partition coefficient (Wildman–Crippen LogP) is 2.53. The summed E-state index contributed by atoms with van der Waals surface area (Å²) in [5, 5.41) is 9.15. The summed E-state index contributed by atoms with van der Waals surface area (Å²) in [6, 6.07) is 7.29. The molecule has 1 fully saturated rings. The van der Waals surface area contributed by atoms with Crippen LogP contribution < -0.4 is 0 Å². The molecule has 2 unspecified atom stereocenters. The molecular weight excluding hydrogens is 294 g/mol. The Hall–Kier alpha value is -2.17. The van der Waals surface area contributed by atoms with Gasteiger partial charge in [-0.3, -0.25) is 14.4 Å². The zero-order valence-corrected chi connectivity index (χ0v) is 13.6. The average molecular weight is 317 g/mol. The van der Waals surface area contributed by atoms with Crippen LogP contribution in [0.1, 0.15) is 42.1 Å². The van der Waals surface area contributed by atoms with Gasteiger partial charge in [-0.05, 0) is 19.3 Å². The van der Waals surface area contributed by atoms with E-state index in [1.165, 1.54) is 0 Å². The largest absolute Gasteiger partial charge is 0.481 e. The van der Waals surface area contributed by atoms with Gasteiger partial charge in [0.25, 0.3) is 0 Å². The van der Waals surface area contributed by atoms with Crippen LogP contribution in [-0.2, 0) is 9.59 Å². The third kappa shape index (κ3) is 4.65. The molecule has 124 valence electrons. The fraction of sp³-hybridized carbons (Fsp3) is 0.500. The number of nitrogens with zero attached hydrogens (tertiary/aromatic N) is 1. The number of ketones is 1. The van der Waals surface area contributed by atoms with E-state index in [1.54, 1.807) is 17.0 Å². The number of rotatable bonds is 5. The van der Waals surface area contributed by atoms with Gasteiger partial charge in [0.15, 0.2) is 5.78 Å². The number of carbonyl (C=O) groups excluding carboxylic acids is 2. The van der Waals surface area contributed by atoms with Gasteiger partial charge in [-0.1, -0.05) is 36.8 Å². The number of benzene rings is 1. The second kappa shape index (κ2) is 7.40. The molecule has 0 radical (unpaired) electrons. The highest BCUT2D eigenvalue weighted by atomic mass is 16.4. The van der Waals surface area contributed by atoms with Gasteiger partial charge >= 0.3 is 5.97 Å². The number of carboxylic acid groups (broad SMARTS) is 1. The van der Waals surface area contributed by atoms with Gasteiger partial charge in [0.1, 0.15) is 0 Å². The minimum atomic E-state index is -0.856. The lowest BCUT2D eigenvalue weighted by atomic mass is 9.90. The van der Waals surface area contributed by atoms with Gasteiger partial charge in [-0.25, -0.2) is 0 Å². The number of hydrogen-bond donors (Lipinski definition) is 1. The van der Waals surface area contributed by atoms with E-state index in [4.69, 9.17) is 5.11 Å². The molecule has 5 heteroatoms. The number of aliphatic carboxylic acids is 1. The summed E-state index contributed by atoms with van der Waals surface area (Å²) in [6.45, 7) is 4.72. The van der Waals surface area contributed by atoms with Crippen LogP contribution in [0.25, 0.3) is 0 Å². The summed E-state index contributed by atoms with van der Waals surface area (Å²) in [7, 11) is 0. The molecule has 0 saturated carbocycles. The molecule has 1 aromatic carbocycles. The Morgan fingerprint density at radius 3 is 2.39 bits per heavy atom. The second-order valence-corrected chi connectivity index (χ2v) is 6.46. The Morgan fingerprint density at radius 2 is 1.78 bits per heavy atom. The molecule has 1 saturated heterocycles. The number of likely N-dealkylation sites (tertiary alicyclic amines) is 1. The molecule has 0 aliphatic carbocycles. The summed E-state index contributed by atoms with van der Waals surface area (Å²) in [4.78, 5) is 37.1. The first-order valence-electron chi connectivity index (χ1n) is 7.97. The lowest BCUT2D eigenvalue weighted by Crippen LogP contribution is -2.45. The topological polar surface area (TPSA) is 74.7 Å². The lowest BCUT2D eigenvalue weighted by Gasteiger charge is -2.34. The van der Waals surface area contributed by atoms with Crippen LogP contribution in [-0.4, -0.2) is 40.8 Å². The van der Waals surface area contributed by atoms with Gasteiger partial charge < -0.3 is 10.0 Å². The number of amides is 1. The fourth-order valence-electron chi connectivity index (χ4n) is 3.00. The van der Waals surface area contributed by atoms with Crippen molar-refractivity contribution in [2.75, 3.05) is 13.1 Å². The summed E-state index contributed by atoms with van der Waals surface area (Å²) in [5.41, 5.74) is 1.69. The van der Waals surface area contributed by atoms with Crippen molar-refractivity contribution in [2.45, 2.75) is 33.1 Å². The molecule has 1 aliphatic rings. The number of Topliss-reactive ketones (excluding diaryl/α,β-unsaturated/α-hetero) is 1. The SMILES string of the molecule is Cc1ccc(C(=O)CCC(=O)N2CC(C)CC(C(=O)O)C2)cc1. The second-order valence-electron chi connectivity index (χ2n) is 6.46. The van der Waals surface area contributed by atoms with Crippen LogP contribution in [0.5, 0.6) is 0 Å². The molecule has 2 atom stereocenters. The van der Waals surface area contributed by atoms with E-state index in [9.17, 15) is 14.4 Å². The molecule has 0 spiro atoms. The monoisotopic (exact) mass is 317 g/mol. The lowest BCUT2D eigenvalue weighted by molar-refractivity contribution is -0.146. The van der Waals surface area contributed by atoms with E-state index >= 15 is 0 Å². The van der Waals surface area contributed by atoms with Crippen molar-refractivity contribution in [3.05, 3.63) is 35.4 Å². The standard InChI is InChI=1S/C18H23NO4/c1-12-3-5-14(6-4-12)16(20)7-8-17(21)19-10-13(2)9-15(11-19)18(22)23/h3-6,13,15H,7-11H2,1-2H3,(H,22,23). The molecule has 1 heterocycles. The van der Waals surface area contributed by atoms with E-state index < -0.39 is 11.9 Å². The predicted molar refractivity (Wildman–Crippen MR) is 86.2 cm³/mol. The summed E-state index contributed by atoms with van der Waals surface area (Å²) >= 11 is 0. The van der Waals surface area contributed by atoms with Gasteiger partial charge in [0.05, 0.1) is 5.92 Å². The highest BCUT2D eigenvalue weighted by Gasteiger charge is 2.31. The van der Waals surface area contributed by atoms with Crippen LogP contribution in [0.4, 0.5) is 0 Å². The van der Waals surface area contributed by atoms with Crippen molar-refractivity contribution < 1.29 is 19.5 Å². The summed E-state index contributed by atoms with van der Waals surface area (Å²) in [5.74, 6) is -1.39. The van der Waals surface area contributed by atoms with Gasteiger partial charge in [-0.2, -0.15) is 0 Å². The van der Waals surface area contributed by atoms with Crippen molar-refractivity contribution in [1.29, 1.82) is 0 Å². The molecule has 5 nitrogen and oxygen atoms in total. The van der Waals surface area contributed by atoms with Crippen LogP contribution in [0.3, 0.4) is 0 Å². The van der Waals surface area contributed by atoms with Crippen molar-refractivity contribution >= 4 is 17.7 Å². The van der Waals surface area contributed by atoms with Gasteiger partial charge in [-0.15, -0.1) is 0 Å². The minimum absolute atomic E-state index is 0.0572.